The molecular formula is C34H36ClN5O8. The molecule has 4 N–H and O–H groups in total. The van der Waals surface area contributed by atoms with Gasteiger partial charge in [-0.05, 0) is 73.9 Å². The minimum Gasteiger partial charge on any atom is -0.490 e. The van der Waals surface area contributed by atoms with E-state index in [1.807, 2.05) is 6.92 Å². The van der Waals surface area contributed by atoms with Crippen molar-refractivity contribution in [3.63, 3.8) is 0 Å². The quantitative estimate of drug-likeness (QED) is 0.0764. The summed E-state index contributed by atoms with van der Waals surface area (Å²) in [4.78, 5) is 24.6. The molecule has 0 saturated carbocycles. The van der Waals surface area contributed by atoms with Crippen LogP contribution in [0.5, 0.6) is 23.0 Å². The second-order valence-corrected chi connectivity index (χ2v) is 10.7. The molecule has 0 aromatic heterocycles. The van der Waals surface area contributed by atoms with Crippen molar-refractivity contribution in [3.8, 4) is 29.1 Å². The zero-order valence-corrected chi connectivity index (χ0v) is 27.6. The minimum atomic E-state index is -1.20. The molecule has 0 spiro atoms. The number of esters is 1. The summed E-state index contributed by atoms with van der Waals surface area (Å²) in [5.74, 6) is 0.881. The van der Waals surface area contributed by atoms with Crippen molar-refractivity contribution in [2.75, 3.05) is 26.9 Å². The first-order valence-electron chi connectivity index (χ1n) is 15.0. The Bertz CT molecular complexity index is 1720. The summed E-state index contributed by atoms with van der Waals surface area (Å²) < 4.78 is 28.2. The Labute approximate surface area is 283 Å². The molecule has 48 heavy (non-hydrogen) atoms. The van der Waals surface area contributed by atoms with Gasteiger partial charge in [-0.3, -0.25) is 5.43 Å². The third kappa shape index (κ3) is 9.09. The molecule has 0 saturated heterocycles. The molecule has 0 radical (unpaired) electrons. The van der Waals surface area contributed by atoms with Crippen molar-refractivity contribution in [1.29, 1.82) is 5.26 Å². The number of aliphatic hydroxyl groups is 1. The van der Waals surface area contributed by atoms with E-state index < -0.39 is 24.3 Å². The van der Waals surface area contributed by atoms with Crippen LogP contribution in [0.2, 0.25) is 5.02 Å². The molecule has 0 fully saturated rings. The number of methoxy groups -OCH3 is 1. The van der Waals surface area contributed by atoms with Crippen molar-refractivity contribution in [2.24, 2.45) is 5.10 Å². The number of amides is 2. The van der Waals surface area contributed by atoms with Gasteiger partial charge >= 0.3 is 12.0 Å². The lowest BCUT2D eigenvalue weighted by molar-refractivity contribution is -0.136. The number of hydrogen-bond acceptors (Lipinski definition) is 11. The summed E-state index contributed by atoms with van der Waals surface area (Å²) in [6.07, 6.45) is 0.261. The zero-order valence-electron chi connectivity index (χ0n) is 26.8. The topological polar surface area (TPSA) is 173 Å². The van der Waals surface area contributed by atoms with Gasteiger partial charge in [-0.2, -0.15) is 10.4 Å². The fourth-order valence-electron chi connectivity index (χ4n) is 4.72. The Morgan fingerprint density at radius 3 is 2.48 bits per heavy atom. The number of carbonyl (C=O) groups excluding carboxylic acids is 2. The number of carbonyl (C=O) groups is 2. The van der Waals surface area contributed by atoms with Gasteiger partial charge in [0.05, 0.1) is 54.8 Å². The van der Waals surface area contributed by atoms with Crippen LogP contribution < -0.4 is 35.0 Å². The second kappa shape index (κ2) is 16.9. The molecule has 0 unspecified atom stereocenters. The Kier molecular flexibility index (Phi) is 12.5. The fourth-order valence-corrected chi connectivity index (χ4v) is 4.99. The van der Waals surface area contributed by atoms with Crippen LogP contribution in [0.4, 0.5) is 4.79 Å². The van der Waals surface area contributed by atoms with Crippen LogP contribution in [0.1, 0.15) is 49.1 Å². The van der Waals surface area contributed by atoms with E-state index in [1.54, 1.807) is 68.4 Å². The molecule has 2 atom stereocenters. The lowest BCUT2D eigenvalue weighted by Gasteiger charge is -2.28. The van der Waals surface area contributed by atoms with Crippen LogP contribution in [0, 0.1) is 11.3 Å². The molecule has 1 heterocycles. The van der Waals surface area contributed by atoms with Crippen LogP contribution in [0.15, 0.2) is 71.0 Å². The average Bonchev–Trinajstić information content (AvgIpc) is 3.07. The summed E-state index contributed by atoms with van der Waals surface area (Å²) in [5, 5.41) is 29.2. The molecule has 0 bridgehead atoms. The third-order valence-electron chi connectivity index (χ3n) is 6.91. The molecule has 1 aliphatic heterocycles. The Morgan fingerprint density at radius 1 is 1.06 bits per heavy atom. The fraction of sp³-hybridized carbons (Fsp3) is 0.294. The maximum Gasteiger partial charge on any atom is 0.337 e. The van der Waals surface area contributed by atoms with Gasteiger partial charge in [0.2, 0.25) is 0 Å². The van der Waals surface area contributed by atoms with E-state index in [1.165, 1.54) is 13.3 Å². The molecule has 1 aliphatic rings. The molecule has 2 amide bonds. The molecule has 252 valence electrons. The van der Waals surface area contributed by atoms with Gasteiger partial charge in [-0.15, -0.1) is 0 Å². The molecule has 0 aliphatic carbocycles. The molecular weight excluding hydrogens is 642 g/mol. The lowest BCUT2D eigenvalue weighted by Crippen LogP contribution is -2.45. The second-order valence-electron chi connectivity index (χ2n) is 10.3. The van der Waals surface area contributed by atoms with Crippen molar-refractivity contribution < 1.29 is 38.4 Å². The summed E-state index contributed by atoms with van der Waals surface area (Å²) in [6, 6.07) is 16.2. The van der Waals surface area contributed by atoms with Gasteiger partial charge in [0.15, 0.2) is 29.2 Å². The minimum absolute atomic E-state index is 0.194. The van der Waals surface area contributed by atoms with Crippen LogP contribution in [0.25, 0.3) is 0 Å². The number of hydrazone groups is 1. The van der Waals surface area contributed by atoms with E-state index in [0.29, 0.717) is 63.6 Å². The third-order valence-corrected chi connectivity index (χ3v) is 7.19. The first-order chi connectivity index (χ1) is 23.2. The van der Waals surface area contributed by atoms with E-state index in [2.05, 4.69) is 27.2 Å². The van der Waals surface area contributed by atoms with Gasteiger partial charge in [-0.25, -0.2) is 9.59 Å². The standard InChI is InChI=1S/C34H36ClN5O8/c1-5-45-27-15-24(31-30(33(42)44-4)20(3)38-34(43)39-31)11-12-26(27)47-19-29(41)40-37-17-23-13-25(35)32(28(14-23)46-6-2)48-18-22-9-7-21(16-36)8-10-22/h7-15,17,29,31,40-41H,5-6,18-19H2,1-4H3,(H2,38,39,43)/b37-17+/t29-,31+/m1/s1. The molecule has 4 rings (SSSR count). The van der Waals surface area contributed by atoms with Gasteiger partial charge in [0.1, 0.15) is 13.2 Å². The lowest BCUT2D eigenvalue weighted by atomic mass is 9.95. The highest BCUT2D eigenvalue weighted by Gasteiger charge is 2.32. The summed E-state index contributed by atoms with van der Waals surface area (Å²) >= 11 is 6.53. The van der Waals surface area contributed by atoms with Crippen LogP contribution in [-0.4, -0.2) is 56.5 Å². The number of allylic oxidation sites excluding steroid dienone is 1. The number of ether oxygens (including phenoxy) is 5. The number of hydrogen-bond donors (Lipinski definition) is 4. The van der Waals surface area contributed by atoms with E-state index in [9.17, 15) is 14.7 Å². The predicted molar refractivity (Wildman–Crippen MR) is 177 cm³/mol. The number of aliphatic hydroxyl groups excluding tert-OH is 1. The largest absolute Gasteiger partial charge is 0.490 e. The normalized spacial score (nSPS) is 14.8. The number of halogens is 1. The maximum atomic E-state index is 12.5. The van der Waals surface area contributed by atoms with Gasteiger partial charge in [0.25, 0.3) is 0 Å². The summed E-state index contributed by atoms with van der Waals surface area (Å²) in [6.45, 7) is 5.97. The van der Waals surface area contributed by atoms with Crippen molar-refractivity contribution in [2.45, 2.75) is 39.6 Å². The van der Waals surface area contributed by atoms with Crippen LogP contribution in [-0.2, 0) is 16.1 Å². The Hall–Kier alpha value is -5.45. The highest BCUT2D eigenvalue weighted by atomic mass is 35.5. The number of nitriles is 1. The highest BCUT2D eigenvalue weighted by Crippen LogP contribution is 2.37. The molecule has 3 aromatic carbocycles. The Balaban J connectivity index is 1.40. The number of nitrogens with zero attached hydrogens (tertiary/aromatic N) is 2. The number of rotatable bonds is 15. The first kappa shape index (κ1) is 35.4. The molecule has 13 nitrogen and oxygen atoms in total. The Morgan fingerprint density at radius 2 is 1.79 bits per heavy atom. The van der Waals surface area contributed by atoms with Crippen LogP contribution >= 0.6 is 11.6 Å². The van der Waals surface area contributed by atoms with E-state index in [-0.39, 0.29) is 18.8 Å². The SMILES string of the molecule is CCOc1cc([C@@H]2NC(=O)NC(C)=C2C(=O)OC)ccc1OC[C@@H](O)N/N=C/c1cc(Cl)c(OCc2ccc(C#N)cc2)c(OCC)c1. The number of urea groups is 1. The summed E-state index contributed by atoms with van der Waals surface area (Å²) in [7, 11) is 1.27. The first-order valence-corrected chi connectivity index (χ1v) is 15.4. The maximum absolute atomic E-state index is 12.5. The predicted octanol–water partition coefficient (Wildman–Crippen LogP) is 4.71. The van der Waals surface area contributed by atoms with E-state index in [4.69, 9.17) is 40.5 Å². The number of benzene rings is 3. The van der Waals surface area contributed by atoms with E-state index >= 15 is 0 Å². The summed E-state index contributed by atoms with van der Waals surface area (Å²) in [5.41, 5.74) is 5.81. The van der Waals surface area contributed by atoms with Gasteiger partial charge in [-0.1, -0.05) is 29.8 Å². The van der Waals surface area contributed by atoms with Gasteiger partial charge < -0.3 is 39.4 Å². The number of nitrogens with one attached hydrogen (secondary N) is 3. The smallest absolute Gasteiger partial charge is 0.337 e. The zero-order chi connectivity index (χ0) is 34.6. The van der Waals surface area contributed by atoms with Crippen molar-refractivity contribution in [1.82, 2.24) is 16.1 Å². The van der Waals surface area contributed by atoms with Gasteiger partial charge in [0, 0.05) is 5.70 Å². The molecule has 14 heteroatoms. The monoisotopic (exact) mass is 677 g/mol. The van der Waals surface area contributed by atoms with E-state index in [0.717, 1.165) is 5.56 Å². The highest BCUT2D eigenvalue weighted by molar-refractivity contribution is 6.32. The van der Waals surface area contributed by atoms with Crippen molar-refractivity contribution in [3.05, 3.63) is 93.1 Å². The van der Waals surface area contributed by atoms with Crippen LogP contribution in [0.3, 0.4) is 0 Å². The average molecular weight is 678 g/mol. The van der Waals surface area contributed by atoms with Crippen molar-refractivity contribution >= 4 is 29.8 Å². The molecule has 3 aromatic rings.